The van der Waals surface area contributed by atoms with E-state index in [9.17, 15) is 4.79 Å². The molecule has 7 heteroatoms. The van der Waals surface area contributed by atoms with Crippen LogP contribution in [0.3, 0.4) is 0 Å². The first-order valence-corrected chi connectivity index (χ1v) is 8.67. The van der Waals surface area contributed by atoms with Crippen LogP contribution in [0.4, 0.5) is 0 Å². The van der Waals surface area contributed by atoms with E-state index in [1.165, 1.54) is 0 Å². The van der Waals surface area contributed by atoms with Crippen LogP contribution in [0.1, 0.15) is 32.1 Å². The minimum absolute atomic E-state index is 0.0346. The molecule has 3 rings (SSSR count). The average Bonchev–Trinajstić information content (AvgIpc) is 2.75. The molecule has 1 amide bonds. The van der Waals surface area contributed by atoms with Crippen LogP contribution in [0.25, 0.3) is 0 Å². The molecule has 22 heavy (non-hydrogen) atoms. The third-order valence-corrected chi connectivity index (χ3v) is 4.70. The summed E-state index contributed by atoms with van der Waals surface area (Å²) in [5.41, 5.74) is 0. The zero-order valence-corrected chi connectivity index (χ0v) is 14.1. The van der Waals surface area contributed by atoms with Gasteiger partial charge >= 0.3 is 6.01 Å². The number of hydrogen-bond donors (Lipinski definition) is 1. The van der Waals surface area contributed by atoms with E-state index in [4.69, 9.17) is 4.74 Å². The van der Waals surface area contributed by atoms with Crippen LogP contribution < -0.4 is 10.1 Å². The fourth-order valence-electron chi connectivity index (χ4n) is 3.09. The molecular formula is C15H21BrN4O2. The van der Waals surface area contributed by atoms with E-state index >= 15 is 0 Å². The van der Waals surface area contributed by atoms with Crippen LogP contribution in [0.2, 0.25) is 0 Å². The predicted molar refractivity (Wildman–Crippen MR) is 85.6 cm³/mol. The van der Waals surface area contributed by atoms with E-state index in [-0.39, 0.29) is 18.1 Å². The molecule has 2 aliphatic rings. The van der Waals surface area contributed by atoms with Crippen molar-refractivity contribution in [2.75, 3.05) is 19.6 Å². The van der Waals surface area contributed by atoms with E-state index in [0.29, 0.717) is 6.01 Å². The van der Waals surface area contributed by atoms with E-state index in [2.05, 4.69) is 36.1 Å². The molecule has 2 fully saturated rings. The molecule has 0 radical (unpaired) electrons. The third kappa shape index (κ3) is 3.95. The van der Waals surface area contributed by atoms with Crippen molar-refractivity contribution < 1.29 is 9.53 Å². The monoisotopic (exact) mass is 368 g/mol. The van der Waals surface area contributed by atoms with Crippen LogP contribution in [-0.2, 0) is 4.79 Å². The molecule has 0 spiro atoms. The van der Waals surface area contributed by atoms with Crippen LogP contribution in [0.5, 0.6) is 6.01 Å². The Bertz CT molecular complexity index is 503. The highest BCUT2D eigenvalue weighted by molar-refractivity contribution is 9.10. The summed E-state index contributed by atoms with van der Waals surface area (Å²) >= 11 is 3.31. The lowest BCUT2D eigenvalue weighted by atomic mass is 10.0. The fraction of sp³-hybridized carbons (Fsp3) is 0.667. The van der Waals surface area contributed by atoms with Gasteiger partial charge in [0.15, 0.2) is 0 Å². The maximum absolute atomic E-state index is 12.1. The number of hydrogen-bond acceptors (Lipinski definition) is 5. The van der Waals surface area contributed by atoms with Gasteiger partial charge in [-0.25, -0.2) is 9.97 Å². The van der Waals surface area contributed by atoms with Crippen molar-refractivity contribution >= 4 is 21.8 Å². The van der Waals surface area contributed by atoms with E-state index in [1.54, 1.807) is 12.4 Å². The number of likely N-dealkylation sites (tertiary alicyclic amines) is 1. The quantitative estimate of drug-likeness (QED) is 0.880. The van der Waals surface area contributed by atoms with Crippen molar-refractivity contribution in [2.45, 2.75) is 44.2 Å². The summed E-state index contributed by atoms with van der Waals surface area (Å²) in [6.07, 6.45) is 8.49. The third-order valence-electron chi connectivity index (χ3n) is 4.29. The molecule has 1 atom stereocenters. The van der Waals surface area contributed by atoms with Crippen molar-refractivity contribution in [3.63, 3.8) is 0 Å². The molecule has 6 nitrogen and oxygen atoms in total. The zero-order chi connectivity index (χ0) is 15.4. The van der Waals surface area contributed by atoms with Crippen molar-refractivity contribution in [2.24, 2.45) is 0 Å². The summed E-state index contributed by atoms with van der Waals surface area (Å²) in [6.45, 7) is 2.59. The average molecular weight is 369 g/mol. The van der Waals surface area contributed by atoms with Gasteiger partial charge in [0.1, 0.15) is 6.10 Å². The normalized spacial score (nSPS) is 24.6. The number of carbonyl (C=O) groups excluding carboxylic acids is 1. The number of rotatable bonds is 3. The minimum atomic E-state index is 0.0346. The Morgan fingerprint density at radius 3 is 2.64 bits per heavy atom. The van der Waals surface area contributed by atoms with Crippen molar-refractivity contribution in [1.82, 2.24) is 20.2 Å². The molecule has 2 aliphatic heterocycles. The largest absolute Gasteiger partial charge is 0.460 e. The van der Waals surface area contributed by atoms with Gasteiger partial charge < -0.3 is 10.1 Å². The second-order valence-electron chi connectivity index (χ2n) is 5.84. The lowest BCUT2D eigenvalue weighted by molar-refractivity contribution is -0.127. The van der Waals surface area contributed by atoms with Gasteiger partial charge in [-0.3, -0.25) is 9.69 Å². The van der Waals surface area contributed by atoms with Gasteiger partial charge in [0.25, 0.3) is 0 Å². The summed E-state index contributed by atoms with van der Waals surface area (Å²) in [7, 11) is 0. The van der Waals surface area contributed by atoms with Crippen molar-refractivity contribution in [1.29, 1.82) is 0 Å². The Balaban J connectivity index is 1.51. The fourth-order valence-corrected chi connectivity index (χ4v) is 3.29. The number of aromatic nitrogens is 2. The van der Waals surface area contributed by atoms with Crippen LogP contribution >= 0.6 is 15.9 Å². The summed E-state index contributed by atoms with van der Waals surface area (Å²) < 4.78 is 6.67. The Morgan fingerprint density at radius 2 is 1.91 bits per heavy atom. The molecule has 0 aliphatic carbocycles. The summed E-state index contributed by atoms with van der Waals surface area (Å²) in [5.74, 6) is 0.188. The zero-order valence-electron chi connectivity index (χ0n) is 12.5. The van der Waals surface area contributed by atoms with Gasteiger partial charge in [0.05, 0.1) is 10.5 Å². The topological polar surface area (TPSA) is 67.4 Å². The van der Waals surface area contributed by atoms with Crippen LogP contribution in [0, 0.1) is 0 Å². The van der Waals surface area contributed by atoms with Crippen molar-refractivity contribution in [3.05, 3.63) is 16.9 Å². The molecule has 0 saturated carbocycles. The second kappa shape index (κ2) is 7.37. The minimum Gasteiger partial charge on any atom is -0.460 e. The SMILES string of the molecule is O=C1NCCCCC1N1CCC(Oc2ncc(Br)cn2)CC1. The summed E-state index contributed by atoms with van der Waals surface area (Å²) in [5, 5.41) is 3.01. The molecule has 120 valence electrons. The molecule has 3 heterocycles. The lowest BCUT2D eigenvalue weighted by Gasteiger charge is -2.35. The molecule has 0 bridgehead atoms. The Kier molecular flexibility index (Phi) is 5.25. The van der Waals surface area contributed by atoms with Gasteiger partial charge in [-0.05, 0) is 48.0 Å². The van der Waals surface area contributed by atoms with Gasteiger partial charge in [0.2, 0.25) is 5.91 Å². The summed E-state index contributed by atoms with van der Waals surface area (Å²) in [4.78, 5) is 22.7. The second-order valence-corrected chi connectivity index (χ2v) is 6.76. The number of carbonyl (C=O) groups is 1. The first-order chi connectivity index (χ1) is 10.7. The lowest BCUT2D eigenvalue weighted by Crippen LogP contribution is -2.50. The molecule has 1 aromatic rings. The first-order valence-electron chi connectivity index (χ1n) is 7.88. The molecule has 0 aromatic carbocycles. The number of nitrogens with zero attached hydrogens (tertiary/aromatic N) is 3. The van der Waals surface area contributed by atoms with Gasteiger partial charge in [0, 0.05) is 32.0 Å². The maximum atomic E-state index is 12.1. The van der Waals surface area contributed by atoms with Crippen molar-refractivity contribution in [3.8, 4) is 6.01 Å². The molecule has 1 aromatic heterocycles. The van der Waals surface area contributed by atoms with Gasteiger partial charge in [-0.2, -0.15) is 0 Å². The van der Waals surface area contributed by atoms with Crippen LogP contribution in [-0.4, -0.2) is 52.6 Å². The van der Waals surface area contributed by atoms with E-state index in [1.807, 2.05) is 0 Å². The predicted octanol–water partition coefficient (Wildman–Crippen LogP) is 1.75. The van der Waals surface area contributed by atoms with Crippen LogP contribution in [0.15, 0.2) is 16.9 Å². The number of piperidine rings is 1. The number of amides is 1. The maximum Gasteiger partial charge on any atom is 0.316 e. The Labute approximate surface area is 138 Å². The standard InChI is InChI=1S/C15H21BrN4O2/c16-11-9-18-15(19-10-11)22-12-4-7-20(8-5-12)13-3-1-2-6-17-14(13)21/h9-10,12-13H,1-8H2,(H,17,21). The highest BCUT2D eigenvalue weighted by Crippen LogP contribution is 2.21. The number of halogens is 1. The highest BCUT2D eigenvalue weighted by atomic mass is 79.9. The summed E-state index contributed by atoms with van der Waals surface area (Å²) in [6, 6.07) is 0.459. The molecule has 1 N–H and O–H groups in total. The van der Waals surface area contributed by atoms with E-state index in [0.717, 1.165) is 56.2 Å². The molecular weight excluding hydrogens is 348 g/mol. The smallest absolute Gasteiger partial charge is 0.316 e. The number of nitrogens with one attached hydrogen (secondary N) is 1. The Morgan fingerprint density at radius 1 is 1.18 bits per heavy atom. The van der Waals surface area contributed by atoms with E-state index < -0.39 is 0 Å². The van der Waals surface area contributed by atoms with Gasteiger partial charge in [-0.1, -0.05) is 0 Å². The molecule has 1 unspecified atom stereocenters. The highest BCUT2D eigenvalue weighted by Gasteiger charge is 2.31. The molecule has 2 saturated heterocycles. The first kappa shape index (κ1) is 15.7. The van der Waals surface area contributed by atoms with Gasteiger partial charge in [-0.15, -0.1) is 0 Å². The number of ether oxygens (including phenoxy) is 1. The Hall–Kier alpha value is -1.21.